The van der Waals surface area contributed by atoms with Crippen LogP contribution in [0.3, 0.4) is 0 Å². The predicted octanol–water partition coefficient (Wildman–Crippen LogP) is 2.43. The molecule has 23 heavy (non-hydrogen) atoms. The molecule has 0 radical (unpaired) electrons. The summed E-state index contributed by atoms with van der Waals surface area (Å²) in [7, 11) is -1.21. The topological polar surface area (TPSA) is 0 Å². The molecule has 2 aromatic carbocycles. The minimum atomic E-state index is -1.21. The van der Waals surface area contributed by atoms with Crippen molar-refractivity contribution in [2.45, 2.75) is 0 Å². The Bertz CT molecular complexity index is 828. The SMILES string of the molecule is C#CC1=CC=CC(C#C)C1=[Si](c1ccccc1)c1ccccc1. The summed E-state index contributed by atoms with van der Waals surface area (Å²) in [5.74, 6) is 5.70. The van der Waals surface area contributed by atoms with Crippen LogP contribution in [0.15, 0.2) is 84.5 Å². The molecule has 3 rings (SSSR count). The Kier molecular flexibility index (Phi) is 4.53. The summed E-state index contributed by atoms with van der Waals surface area (Å²) in [4.78, 5) is 0. The van der Waals surface area contributed by atoms with Gasteiger partial charge in [0.15, 0.2) is 0 Å². The fraction of sp³-hybridized carbons (Fsp3) is 0.0455. The monoisotopic (exact) mass is 308 g/mol. The van der Waals surface area contributed by atoms with Gasteiger partial charge < -0.3 is 0 Å². The van der Waals surface area contributed by atoms with E-state index in [0.29, 0.717) is 0 Å². The molecule has 0 amide bonds. The molecule has 2 aromatic rings. The van der Waals surface area contributed by atoms with Gasteiger partial charge in [0.2, 0.25) is 0 Å². The molecular weight excluding hydrogens is 292 g/mol. The summed E-state index contributed by atoms with van der Waals surface area (Å²) >= 11 is 0. The van der Waals surface area contributed by atoms with E-state index in [1.807, 2.05) is 24.3 Å². The summed E-state index contributed by atoms with van der Waals surface area (Å²) in [6, 6.07) is 21.1. The summed E-state index contributed by atoms with van der Waals surface area (Å²) in [5.41, 5.74) is 0.928. The van der Waals surface area contributed by atoms with Gasteiger partial charge in [0.05, 0.1) is 14.3 Å². The van der Waals surface area contributed by atoms with Gasteiger partial charge in [0, 0.05) is 5.57 Å². The number of terminal acetylenes is 2. The number of hydrogen-bond donors (Lipinski definition) is 0. The zero-order valence-electron chi connectivity index (χ0n) is 12.7. The third kappa shape index (κ3) is 3.02. The second kappa shape index (κ2) is 6.92. The molecule has 108 valence electrons. The van der Waals surface area contributed by atoms with E-state index >= 15 is 0 Å². The third-order valence-corrected chi connectivity index (χ3v) is 6.84. The smallest absolute Gasteiger partial charge is 0.0864 e. The van der Waals surface area contributed by atoms with Crippen LogP contribution in [-0.2, 0) is 0 Å². The lowest BCUT2D eigenvalue weighted by Gasteiger charge is -2.21. The lowest BCUT2D eigenvalue weighted by Crippen LogP contribution is -2.43. The normalized spacial score (nSPS) is 16.2. The van der Waals surface area contributed by atoms with Crippen LogP contribution in [0.25, 0.3) is 0 Å². The Morgan fingerprint density at radius 3 is 1.87 bits per heavy atom. The Morgan fingerprint density at radius 1 is 0.826 bits per heavy atom. The van der Waals surface area contributed by atoms with Crippen molar-refractivity contribution in [2.75, 3.05) is 0 Å². The Balaban J connectivity index is 2.35. The van der Waals surface area contributed by atoms with Gasteiger partial charge in [-0.15, -0.1) is 12.8 Å². The average molecular weight is 308 g/mol. The first-order valence-electron chi connectivity index (χ1n) is 7.51. The zero-order valence-corrected chi connectivity index (χ0v) is 13.7. The van der Waals surface area contributed by atoms with Gasteiger partial charge in [-0.3, -0.25) is 0 Å². The molecule has 1 unspecified atom stereocenters. The maximum Gasteiger partial charge on any atom is 0.0864 e. The van der Waals surface area contributed by atoms with Crippen LogP contribution in [0.1, 0.15) is 0 Å². The quantitative estimate of drug-likeness (QED) is 0.590. The van der Waals surface area contributed by atoms with Gasteiger partial charge >= 0.3 is 0 Å². The van der Waals surface area contributed by atoms with E-state index in [2.05, 4.69) is 66.4 Å². The van der Waals surface area contributed by atoms with E-state index in [-0.39, 0.29) is 5.92 Å². The molecule has 0 saturated heterocycles. The van der Waals surface area contributed by atoms with Crippen molar-refractivity contribution in [1.29, 1.82) is 0 Å². The molecule has 1 aliphatic rings. The molecule has 1 atom stereocenters. The second-order valence-electron chi connectivity index (χ2n) is 5.27. The van der Waals surface area contributed by atoms with Crippen molar-refractivity contribution in [1.82, 2.24) is 0 Å². The van der Waals surface area contributed by atoms with Crippen molar-refractivity contribution in [3.63, 3.8) is 0 Å². The van der Waals surface area contributed by atoms with E-state index in [1.165, 1.54) is 15.5 Å². The molecule has 0 N–H and O–H groups in total. The van der Waals surface area contributed by atoms with Crippen LogP contribution in [-0.4, -0.2) is 13.6 Å². The second-order valence-corrected chi connectivity index (χ2v) is 7.72. The number of allylic oxidation sites excluding steroid dienone is 4. The van der Waals surface area contributed by atoms with Crippen LogP contribution in [0.2, 0.25) is 0 Å². The van der Waals surface area contributed by atoms with Crippen LogP contribution >= 0.6 is 0 Å². The fourth-order valence-electron chi connectivity index (χ4n) is 2.86. The van der Waals surface area contributed by atoms with E-state index in [9.17, 15) is 0 Å². The molecular formula is C22H16Si. The number of hydrogen-bond acceptors (Lipinski definition) is 0. The summed E-state index contributed by atoms with van der Waals surface area (Å²) < 4.78 is 0. The fourth-order valence-corrected chi connectivity index (χ4v) is 5.78. The molecule has 0 spiro atoms. The maximum absolute atomic E-state index is 5.80. The van der Waals surface area contributed by atoms with Gasteiger partial charge in [-0.25, -0.2) is 0 Å². The van der Waals surface area contributed by atoms with Gasteiger partial charge in [-0.1, -0.05) is 84.7 Å². The van der Waals surface area contributed by atoms with Gasteiger partial charge in [-0.05, 0) is 21.6 Å². The van der Waals surface area contributed by atoms with Crippen molar-refractivity contribution in [3.05, 3.63) is 84.5 Å². The lowest BCUT2D eigenvalue weighted by molar-refractivity contribution is 1.20. The Hall–Kier alpha value is -2.87. The van der Waals surface area contributed by atoms with Crippen molar-refractivity contribution in [3.8, 4) is 24.7 Å². The molecule has 1 aliphatic carbocycles. The first kappa shape index (κ1) is 15.0. The van der Waals surface area contributed by atoms with Crippen LogP contribution in [0.5, 0.6) is 0 Å². The van der Waals surface area contributed by atoms with Crippen molar-refractivity contribution >= 4 is 24.0 Å². The molecule has 0 nitrogen and oxygen atoms in total. The van der Waals surface area contributed by atoms with Crippen LogP contribution in [0.4, 0.5) is 0 Å². The molecule has 0 fully saturated rings. The molecule has 0 aliphatic heterocycles. The van der Waals surface area contributed by atoms with Crippen LogP contribution in [0, 0.1) is 30.6 Å². The molecule has 1 heteroatoms. The minimum Gasteiger partial charge on any atom is -0.119 e. The highest BCUT2D eigenvalue weighted by molar-refractivity contribution is 6.94. The van der Waals surface area contributed by atoms with E-state index < -0.39 is 8.41 Å². The highest BCUT2D eigenvalue weighted by atomic mass is 28.2. The molecule has 0 bridgehead atoms. The van der Waals surface area contributed by atoms with Gasteiger partial charge in [-0.2, -0.15) is 0 Å². The minimum absolute atomic E-state index is 0.0413. The molecule has 0 aromatic heterocycles. The van der Waals surface area contributed by atoms with Gasteiger partial charge in [0.25, 0.3) is 0 Å². The summed E-state index contributed by atoms with van der Waals surface area (Å²) in [5, 5.41) is 3.81. The first-order chi connectivity index (χ1) is 11.3. The van der Waals surface area contributed by atoms with Crippen molar-refractivity contribution in [2.24, 2.45) is 5.92 Å². The average Bonchev–Trinajstić information content (AvgIpc) is 2.64. The maximum atomic E-state index is 5.80. The first-order valence-corrected chi connectivity index (χ1v) is 9.01. The van der Waals surface area contributed by atoms with E-state index in [1.54, 1.807) is 0 Å². The van der Waals surface area contributed by atoms with Crippen LogP contribution < -0.4 is 10.4 Å². The summed E-state index contributed by atoms with van der Waals surface area (Å²) in [6.45, 7) is 0. The Labute approximate surface area is 139 Å². The zero-order chi connectivity index (χ0) is 16.1. The molecule has 0 saturated carbocycles. The largest absolute Gasteiger partial charge is 0.119 e. The van der Waals surface area contributed by atoms with Crippen molar-refractivity contribution < 1.29 is 0 Å². The predicted molar refractivity (Wildman–Crippen MR) is 101 cm³/mol. The lowest BCUT2D eigenvalue weighted by atomic mass is 9.95. The highest BCUT2D eigenvalue weighted by Gasteiger charge is 2.22. The Morgan fingerprint density at radius 2 is 1.39 bits per heavy atom. The van der Waals surface area contributed by atoms with E-state index in [4.69, 9.17) is 12.8 Å². The highest BCUT2D eigenvalue weighted by Crippen LogP contribution is 2.15. The number of benzene rings is 2. The third-order valence-electron chi connectivity index (χ3n) is 3.90. The van der Waals surface area contributed by atoms with E-state index in [0.717, 1.165) is 5.57 Å². The van der Waals surface area contributed by atoms with Gasteiger partial charge in [0.1, 0.15) is 0 Å². The summed E-state index contributed by atoms with van der Waals surface area (Å²) in [6.07, 6.45) is 17.6. The molecule has 0 heterocycles. The standard InChI is InChI=1S/C22H16Si/c1-3-18-12-11-13-19(4-2)22(18)23(20-14-7-5-8-15-20)21-16-9-6-10-17-21/h1-2,5-18H. The number of rotatable bonds is 2.